The van der Waals surface area contributed by atoms with Gasteiger partial charge >= 0.3 is 0 Å². The molecule has 1 aliphatic heterocycles. The molecule has 6 nitrogen and oxygen atoms in total. The molecule has 0 bridgehead atoms. The Bertz CT molecular complexity index is 524. The van der Waals surface area contributed by atoms with Crippen molar-refractivity contribution in [1.29, 1.82) is 0 Å². The van der Waals surface area contributed by atoms with Crippen molar-refractivity contribution >= 4 is 15.5 Å². The third kappa shape index (κ3) is 3.65. The average molecular weight is 284 g/mol. The van der Waals surface area contributed by atoms with Crippen LogP contribution in [0.4, 0.5) is 5.69 Å². The normalized spacial score (nSPS) is 18.6. The third-order valence-electron chi connectivity index (χ3n) is 3.37. The molecule has 1 aliphatic rings. The molecule has 0 aromatic carbocycles. The van der Waals surface area contributed by atoms with Crippen molar-refractivity contribution in [2.45, 2.75) is 5.03 Å². The summed E-state index contributed by atoms with van der Waals surface area (Å²) >= 11 is 0. The Kier molecular flexibility index (Phi) is 4.38. The molecule has 2 heterocycles. The van der Waals surface area contributed by atoms with Gasteiger partial charge in [-0.3, -0.25) is 4.90 Å². The molecule has 19 heavy (non-hydrogen) atoms. The summed E-state index contributed by atoms with van der Waals surface area (Å²) in [5, 5.41) is 0.00382. The summed E-state index contributed by atoms with van der Waals surface area (Å²) in [4.78, 5) is 8.29. The van der Waals surface area contributed by atoms with Crippen LogP contribution < -0.4 is 5.73 Å². The van der Waals surface area contributed by atoms with Gasteiger partial charge in [0, 0.05) is 38.9 Å². The smallest absolute Gasteiger partial charge is 0.198 e. The van der Waals surface area contributed by atoms with Crippen LogP contribution in [-0.2, 0) is 9.84 Å². The molecule has 1 fully saturated rings. The third-order valence-corrected chi connectivity index (χ3v) is 5.02. The van der Waals surface area contributed by atoms with Crippen LogP contribution in [0.3, 0.4) is 0 Å². The van der Waals surface area contributed by atoms with Gasteiger partial charge in [0.05, 0.1) is 11.4 Å². The molecule has 106 valence electrons. The lowest BCUT2D eigenvalue weighted by atomic mass is 10.3. The van der Waals surface area contributed by atoms with Crippen LogP contribution >= 0.6 is 0 Å². The predicted molar refractivity (Wildman–Crippen MR) is 74.6 cm³/mol. The monoisotopic (exact) mass is 284 g/mol. The van der Waals surface area contributed by atoms with Crippen LogP contribution in [0.1, 0.15) is 0 Å². The molecule has 0 unspecified atom stereocenters. The van der Waals surface area contributed by atoms with E-state index in [1.54, 1.807) is 12.1 Å². The van der Waals surface area contributed by atoms with E-state index in [-0.39, 0.29) is 16.5 Å². The number of anilines is 1. The Balaban J connectivity index is 1.97. The molecule has 1 aromatic heterocycles. The SMILES string of the molecule is CN1CCN(CCS(=O)(=O)c2ncccc2N)CC1. The van der Waals surface area contributed by atoms with E-state index < -0.39 is 9.84 Å². The Labute approximate surface area is 114 Å². The average Bonchev–Trinajstić information content (AvgIpc) is 2.38. The van der Waals surface area contributed by atoms with Gasteiger partial charge in [-0.05, 0) is 19.2 Å². The quantitative estimate of drug-likeness (QED) is 0.816. The van der Waals surface area contributed by atoms with Crippen LogP contribution in [0.2, 0.25) is 0 Å². The van der Waals surface area contributed by atoms with Crippen LogP contribution in [0, 0.1) is 0 Å². The lowest BCUT2D eigenvalue weighted by Crippen LogP contribution is -2.45. The second-order valence-electron chi connectivity index (χ2n) is 4.86. The zero-order valence-corrected chi connectivity index (χ0v) is 11.9. The van der Waals surface area contributed by atoms with Crippen LogP contribution in [0.25, 0.3) is 0 Å². The number of pyridine rings is 1. The lowest BCUT2D eigenvalue weighted by molar-refractivity contribution is 0.161. The number of likely N-dealkylation sites (N-methyl/N-ethyl adjacent to an activating group) is 1. The van der Waals surface area contributed by atoms with E-state index in [1.807, 2.05) is 0 Å². The minimum absolute atomic E-state index is 0.00382. The highest BCUT2D eigenvalue weighted by molar-refractivity contribution is 7.91. The van der Waals surface area contributed by atoms with Crippen molar-refractivity contribution in [2.24, 2.45) is 0 Å². The first kappa shape index (κ1) is 14.2. The second kappa shape index (κ2) is 5.85. The van der Waals surface area contributed by atoms with Crippen LogP contribution in [0.15, 0.2) is 23.4 Å². The van der Waals surface area contributed by atoms with Gasteiger partial charge in [0.25, 0.3) is 0 Å². The van der Waals surface area contributed by atoms with Gasteiger partial charge < -0.3 is 10.6 Å². The van der Waals surface area contributed by atoms with E-state index in [0.717, 1.165) is 26.2 Å². The molecule has 0 radical (unpaired) electrons. The molecular weight excluding hydrogens is 264 g/mol. The van der Waals surface area contributed by atoms with Gasteiger partial charge in [0.15, 0.2) is 14.9 Å². The molecular formula is C12H20N4O2S. The summed E-state index contributed by atoms with van der Waals surface area (Å²) in [6.07, 6.45) is 1.46. The lowest BCUT2D eigenvalue weighted by Gasteiger charge is -2.32. The molecule has 1 saturated heterocycles. The molecule has 0 atom stereocenters. The van der Waals surface area contributed by atoms with Gasteiger partial charge in [0.2, 0.25) is 0 Å². The Morgan fingerprint density at radius 2 is 2.00 bits per heavy atom. The molecule has 0 amide bonds. The summed E-state index contributed by atoms with van der Waals surface area (Å²) in [6, 6.07) is 3.20. The number of sulfone groups is 1. The van der Waals surface area contributed by atoms with Gasteiger partial charge in [-0.1, -0.05) is 0 Å². The Hall–Kier alpha value is -1.18. The topological polar surface area (TPSA) is 79.5 Å². The minimum atomic E-state index is -3.40. The fourth-order valence-electron chi connectivity index (χ4n) is 2.08. The maximum atomic E-state index is 12.2. The van der Waals surface area contributed by atoms with Crippen molar-refractivity contribution in [1.82, 2.24) is 14.8 Å². The molecule has 0 spiro atoms. The van der Waals surface area contributed by atoms with E-state index in [2.05, 4.69) is 21.8 Å². The molecule has 0 saturated carbocycles. The summed E-state index contributed by atoms with van der Waals surface area (Å²) in [5.41, 5.74) is 5.89. The van der Waals surface area contributed by atoms with Gasteiger partial charge in [-0.2, -0.15) is 0 Å². The summed E-state index contributed by atoms with van der Waals surface area (Å²) in [6.45, 7) is 4.30. The van der Waals surface area contributed by atoms with Crippen molar-refractivity contribution in [3.63, 3.8) is 0 Å². The zero-order valence-electron chi connectivity index (χ0n) is 11.1. The first-order chi connectivity index (χ1) is 8.99. The minimum Gasteiger partial charge on any atom is -0.396 e. The molecule has 7 heteroatoms. The number of piperazine rings is 1. The highest BCUT2D eigenvalue weighted by atomic mass is 32.2. The fraction of sp³-hybridized carbons (Fsp3) is 0.583. The number of hydrogen-bond acceptors (Lipinski definition) is 6. The van der Waals surface area contributed by atoms with Crippen LogP contribution in [0.5, 0.6) is 0 Å². The highest BCUT2D eigenvalue weighted by Crippen LogP contribution is 2.16. The summed E-state index contributed by atoms with van der Waals surface area (Å²) < 4.78 is 24.4. The maximum absolute atomic E-state index is 12.2. The first-order valence-electron chi connectivity index (χ1n) is 6.33. The second-order valence-corrected chi connectivity index (χ2v) is 6.89. The van der Waals surface area contributed by atoms with Gasteiger partial charge in [0.1, 0.15) is 0 Å². The largest absolute Gasteiger partial charge is 0.396 e. The first-order valence-corrected chi connectivity index (χ1v) is 7.98. The number of nitrogens with zero attached hydrogens (tertiary/aromatic N) is 3. The van der Waals surface area contributed by atoms with E-state index in [9.17, 15) is 8.42 Å². The number of nitrogens with two attached hydrogens (primary N) is 1. The van der Waals surface area contributed by atoms with E-state index in [1.165, 1.54) is 6.20 Å². The maximum Gasteiger partial charge on any atom is 0.198 e. The Morgan fingerprint density at radius 1 is 1.32 bits per heavy atom. The van der Waals surface area contributed by atoms with Gasteiger partial charge in [-0.25, -0.2) is 13.4 Å². The molecule has 2 N–H and O–H groups in total. The van der Waals surface area contributed by atoms with E-state index in [4.69, 9.17) is 5.73 Å². The standard InChI is InChI=1S/C12H20N4O2S/c1-15-5-7-16(8-6-15)9-10-19(17,18)12-11(13)3-2-4-14-12/h2-4H,5-10,13H2,1H3. The van der Waals surface area contributed by atoms with Crippen molar-refractivity contribution in [2.75, 3.05) is 51.3 Å². The summed E-state index contributed by atoms with van der Waals surface area (Å²) in [7, 11) is -1.32. The molecule has 0 aliphatic carbocycles. The predicted octanol–water partition coefficient (Wildman–Crippen LogP) is -0.315. The zero-order chi connectivity index (χ0) is 13.9. The fourth-order valence-corrected chi connectivity index (χ4v) is 3.42. The number of rotatable bonds is 4. The highest BCUT2D eigenvalue weighted by Gasteiger charge is 2.21. The van der Waals surface area contributed by atoms with E-state index in [0.29, 0.717) is 6.54 Å². The molecule has 2 rings (SSSR count). The van der Waals surface area contributed by atoms with E-state index >= 15 is 0 Å². The Morgan fingerprint density at radius 3 is 2.63 bits per heavy atom. The molecule has 1 aromatic rings. The number of aromatic nitrogens is 1. The van der Waals surface area contributed by atoms with Gasteiger partial charge in [-0.15, -0.1) is 0 Å². The van der Waals surface area contributed by atoms with Crippen molar-refractivity contribution < 1.29 is 8.42 Å². The number of hydrogen-bond donors (Lipinski definition) is 1. The summed E-state index contributed by atoms with van der Waals surface area (Å²) in [5.74, 6) is 0.0674. The van der Waals surface area contributed by atoms with Crippen molar-refractivity contribution in [3.05, 3.63) is 18.3 Å². The number of nitrogen functional groups attached to an aromatic ring is 1. The van der Waals surface area contributed by atoms with Crippen molar-refractivity contribution in [3.8, 4) is 0 Å². The van der Waals surface area contributed by atoms with Crippen LogP contribution in [-0.4, -0.2) is 68.7 Å².